The van der Waals surface area contributed by atoms with Crippen LogP contribution in [0.3, 0.4) is 0 Å². The van der Waals surface area contributed by atoms with Crippen LogP contribution in [0.25, 0.3) is 32.9 Å². The quantitative estimate of drug-likeness (QED) is 0.137. The molecule has 268 valence electrons. The SMILES string of the molecule is CC[C@@H](Nc1cc(F)c(C(=O)N[C@@H](Cc2ccc(-c3c(C(F)(F)F)c4cc(F)ccc4n(C)c3=O)c3ncccc23)C(=O)O)c(F)c1)C(F)(F)F. The molecule has 3 aromatic carbocycles. The van der Waals surface area contributed by atoms with Gasteiger partial charge in [0.05, 0.1) is 22.2 Å². The highest BCUT2D eigenvalue weighted by molar-refractivity contribution is 6.00. The van der Waals surface area contributed by atoms with Crippen molar-refractivity contribution in [3.63, 3.8) is 0 Å². The molecule has 0 aliphatic carbocycles. The average molecular weight is 725 g/mol. The van der Waals surface area contributed by atoms with E-state index >= 15 is 0 Å². The molecule has 51 heavy (non-hydrogen) atoms. The molecule has 5 rings (SSSR count). The van der Waals surface area contributed by atoms with E-state index in [2.05, 4.69) is 4.98 Å². The number of anilines is 1. The summed E-state index contributed by atoms with van der Waals surface area (Å²) < 4.78 is 128. The summed E-state index contributed by atoms with van der Waals surface area (Å²) in [5.41, 5.74) is -5.91. The van der Waals surface area contributed by atoms with Gasteiger partial charge in [-0.2, -0.15) is 26.3 Å². The molecule has 0 aliphatic rings. The number of nitrogens with one attached hydrogen (secondary N) is 2. The first kappa shape index (κ1) is 36.7. The summed E-state index contributed by atoms with van der Waals surface area (Å²) >= 11 is 0. The van der Waals surface area contributed by atoms with Crippen molar-refractivity contribution >= 4 is 39.4 Å². The van der Waals surface area contributed by atoms with Gasteiger partial charge in [0.15, 0.2) is 0 Å². The molecule has 0 aliphatic heterocycles. The number of carbonyl (C=O) groups is 2. The Morgan fingerprint density at radius 2 is 1.61 bits per heavy atom. The average Bonchev–Trinajstić information content (AvgIpc) is 3.03. The fourth-order valence-corrected chi connectivity index (χ4v) is 5.82. The van der Waals surface area contributed by atoms with Crippen LogP contribution in [0, 0.1) is 17.5 Å². The van der Waals surface area contributed by atoms with E-state index in [1.807, 2.05) is 10.6 Å². The fraction of sp³-hybridized carbons (Fsp3) is 0.235. The highest BCUT2D eigenvalue weighted by Crippen LogP contribution is 2.42. The zero-order chi connectivity index (χ0) is 37.6. The number of rotatable bonds is 9. The van der Waals surface area contributed by atoms with E-state index in [9.17, 15) is 59.0 Å². The Kier molecular flexibility index (Phi) is 9.78. The standard InChI is InChI=1S/C34H25F9N4O4/c1-3-25(33(38,39)40)45-17-13-21(36)27(22(37)14-17)30(48)46-23(32(50)51)11-15-6-8-19(29-18(15)5-4-10-44-29)26-28(34(41,42)43)20-12-16(35)7-9-24(20)47(2)31(26)49/h4-10,12-14,23,25,45H,3,11H2,1-2H3,(H,46,48)(H,50,51)/t23-,25+/m0/s1. The van der Waals surface area contributed by atoms with Crippen LogP contribution in [0.4, 0.5) is 45.2 Å². The van der Waals surface area contributed by atoms with Crippen molar-refractivity contribution in [2.45, 2.75) is 44.2 Å². The number of pyridine rings is 2. The number of carboxylic acid groups (broad SMARTS) is 1. The van der Waals surface area contributed by atoms with Gasteiger partial charge in [0.2, 0.25) is 0 Å². The summed E-state index contributed by atoms with van der Waals surface area (Å²) in [6, 6.07) is 4.40. The fourth-order valence-electron chi connectivity index (χ4n) is 5.82. The molecule has 2 atom stereocenters. The van der Waals surface area contributed by atoms with Crippen molar-refractivity contribution in [1.29, 1.82) is 0 Å². The van der Waals surface area contributed by atoms with Gasteiger partial charge in [-0.15, -0.1) is 0 Å². The molecule has 0 spiro atoms. The van der Waals surface area contributed by atoms with Crippen molar-refractivity contribution in [2.75, 3.05) is 5.32 Å². The molecule has 2 heterocycles. The lowest BCUT2D eigenvalue weighted by atomic mass is 9.91. The monoisotopic (exact) mass is 724 g/mol. The van der Waals surface area contributed by atoms with Gasteiger partial charge in [0, 0.05) is 41.7 Å². The maximum absolute atomic E-state index is 14.9. The number of alkyl halides is 6. The molecule has 0 bridgehead atoms. The number of hydrogen-bond donors (Lipinski definition) is 3. The maximum Gasteiger partial charge on any atom is 0.417 e. The summed E-state index contributed by atoms with van der Waals surface area (Å²) in [4.78, 5) is 42.8. The van der Waals surface area contributed by atoms with E-state index in [0.29, 0.717) is 18.2 Å². The van der Waals surface area contributed by atoms with Gasteiger partial charge >= 0.3 is 18.3 Å². The van der Waals surface area contributed by atoms with E-state index in [4.69, 9.17) is 0 Å². The molecule has 8 nitrogen and oxygen atoms in total. The molecule has 17 heteroatoms. The minimum Gasteiger partial charge on any atom is -0.480 e. The Labute approximate surface area is 281 Å². The molecule has 2 aromatic heterocycles. The summed E-state index contributed by atoms with van der Waals surface area (Å²) in [5, 5.41) is 13.2. The van der Waals surface area contributed by atoms with Crippen molar-refractivity contribution in [1.82, 2.24) is 14.9 Å². The molecule has 1 amide bonds. The lowest BCUT2D eigenvalue weighted by Gasteiger charge is -2.22. The number of hydrogen-bond acceptors (Lipinski definition) is 5. The third-order valence-corrected chi connectivity index (χ3v) is 8.21. The third-order valence-electron chi connectivity index (χ3n) is 8.21. The molecule has 0 unspecified atom stereocenters. The Morgan fingerprint density at radius 3 is 2.20 bits per heavy atom. The summed E-state index contributed by atoms with van der Waals surface area (Å²) in [6.45, 7) is 1.19. The number of carbonyl (C=O) groups excluding carboxylic acids is 1. The molecule has 0 saturated carbocycles. The van der Waals surface area contributed by atoms with Crippen LogP contribution >= 0.6 is 0 Å². The number of aryl methyl sites for hydroxylation is 1. The Bertz CT molecular complexity index is 2230. The van der Waals surface area contributed by atoms with E-state index in [1.165, 1.54) is 38.4 Å². The largest absolute Gasteiger partial charge is 0.480 e. The minimum atomic E-state index is -5.15. The van der Waals surface area contributed by atoms with Gasteiger partial charge < -0.3 is 20.3 Å². The predicted octanol–water partition coefficient (Wildman–Crippen LogP) is 7.37. The van der Waals surface area contributed by atoms with Gasteiger partial charge in [0.25, 0.3) is 11.5 Å². The van der Waals surface area contributed by atoms with Crippen molar-refractivity contribution in [2.24, 2.45) is 7.05 Å². The van der Waals surface area contributed by atoms with Gasteiger partial charge in [-0.1, -0.05) is 25.1 Å². The molecular weight excluding hydrogens is 699 g/mol. The number of amides is 1. The zero-order valence-electron chi connectivity index (χ0n) is 26.3. The van der Waals surface area contributed by atoms with Crippen molar-refractivity contribution in [3.05, 3.63) is 105 Å². The van der Waals surface area contributed by atoms with Crippen LogP contribution in [0.15, 0.2) is 65.6 Å². The Balaban J connectivity index is 1.54. The third kappa shape index (κ3) is 7.18. The molecule has 0 fully saturated rings. The molecule has 3 N–H and O–H groups in total. The van der Waals surface area contributed by atoms with Crippen LogP contribution in [-0.4, -0.2) is 44.8 Å². The Morgan fingerprint density at radius 1 is 0.941 bits per heavy atom. The normalized spacial score (nSPS) is 13.3. The van der Waals surface area contributed by atoms with Gasteiger partial charge in [-0.05, 0) is 48.4 Å². The van der Waals surface area contributed by atoms with Crippen LogP contribution < -0.4 is 16.2 Å². The number of halogens is 9. The second-order valence-corrected chi connectivity index (χ2v) is 11.5. The maximum atomic E-state index is 14.9. The van der Waals surface area contributed by atoms with E-state index in [1.54, 1.807) is 0 Å². The summed E-state index contributed by atoms with van der Waals surface area (Å²) in [5.74, 6) is -7.42. The molecule has 0 radical (unpaired) electrons. The second-order valence-electron chi connectivity index (χ2n) is 11.5. The van der Waals surface area contributed by atoms with Crippen LogP contribution in [0.1, 0.15) is 34.8 Å². The summed E-state index contributed by atoms with van der Waals surface area (Å²) in [6.07, 6.45) is -9.80. The van der Waals surface area contributed by atoms with E-state index in [0.717, 1.165) is 22.8 Å². The Hall–Kier alpha value is -5.61. The molecule has 0 saturated heterocycles. The highest BCUT2D eigenvalue weighted by Gasteiger charge is 2.40. The van der Waals surface area contributed by atoms with Gasteiger partial charge in [-0.25, -0.2) is 18.0 Å². The number of aromatic nitrogens is 2. The number of fused-ring (bicyclic) bond motifs is 2. The van der Waals surface area contributed by atoms with Crippen molar-refractivity contribution < 1.29 is 54.2 Å². The van der Waals surface area contributed by atoms with Crippen LogP contribution in [0.2, 0.25) is 0 Å². The van der Waals surface area contributed by atoms with Gasteiger partial charge in [-0.3, -0.25) is 14.6 Å². The van der Waals surface area contributed by atoms with Crippen molar-refractivity contribution in [3.8, 4) is 11.1 Å². The van der Waals surface area contributed by atoms with Crippen LogP contribution in [0.5, 0.6) is 0 Å². The first-order chi connectivity index (χ1) is 23.8. The molecular formula is C34H25F9N4O4. The van der Waals surface area contributed by atoms with E-state index in [-0.39, 0.29) is 27.5 Å². The smallest absolute Gasteiger partial charge is 0.417 e. The minimum absolute atomic E-state index is 0.0490. The summed E-state index contributed by atoms with van der Waals surface area (Å²) in [7, 11) is 1.20. The number of aliphatic carboxylic acids is 1. The lowest BCUT2D eigenvalue weighted by Crippen LogP contribution is -2.43. The van der Waals surface area contributed by atoms with Crippen LogP contribution in [-0.2, 0) is 24.4 Å². The molecule has 5 aromatic rings. The second kappa shape index (κ2) is 13.6. The highest BCUT2D eigenvalue weighted by atomic mass is 19.4. The number of nitrogens with zero attached hydrogens (tertiary/aromatic N) is 2. The van der Waals surface area contributed by atoms with E-state index < -0.39 is 99.9 Å². The predicted molar refractivity (Wildman–Crippen MR) is 168 cm³/mol. The first-order valence-electron chi connectivity index (χ1n) is 15.0. The lowest BCUT2D eigenvalue weighted by molar-refractivity contribution is -0.143. The first-order valence-corrected chi connectivity index (χ1v) is 15.0. The number of benzene rings is 3. The number of carboxylic acids is 1. The van der Waals surface area contributed by atoms with Gasteiger partial charge in [0.1, 0.15) is 35.1 Å². The topological polar surface area (TPSA) is 113 Å². The zero-order valence-corrected chi connectivity index (χ0v) is 26.3.